The lowest BCUT2D eigenvalue weighted by Gasteiger charge is -2.33. The highest BCUT2D eigenvalue weighted by atomic mass is 35.5. The van der Waals surface area contributed by atoms with Gasteiger partial charge in [0, 0.05) is 36.6 Å². The number of hydrogen-bond donors (Lipinski definition) is 0. The number of benzene rings is 1. The number of nitrogens with zero attached hydrogens (tertiary/aromatic N) is 3. The van der Waals surface area contributed by atoms with E-state index in [2.05, 4.69) is 29.8 Å². The van der Waals surface area contributed by atoms with Crippen molar-refractivity contribution in [1.29, 1.82) is 0 Å². The lowest BCUT2D eigenvalue weighted by atomic mass is 10.1. The summed E-state index contributed by atoms with van der Waals surface area (Å²) in [4.78, 5) is 9.47. The molecule has 2 heterocycles. The number of anilines is 1. The molecule has 19 heavy (non-hydrogen) atoms. The first kappa shape index (κ1) is 12.7. The summed E-state index contributed by atoms with van der Waals surface area (Å²) >= 11 is 6.07. The van der Waals surface area contributed by atoms with Crippen LogP contribution in [-0.4, -0.2) is 43.1 Å². The lowest BCUT2D eigenvalue weighted by molar-refractivity contribution is 0.312. The van der Waals surface area contributed by atoms with Gasteiger partial charge in [-0.15, -0.1) is 0 Å². The average Bonchev–Trinajstić information content (AvgIpc) is 2.38. The van der Waals surface area contributed by atoms with Crippen LogP contribution in [-0.2, 0) is 0 Å². The van der Waals surface area contributed by atoms with E-state index in [1.165, 1.54) is 10.9 Å². The number of aryl methyl sites for hydroxylation is 1. The van der Waals surface area contributed by atoms with Crippen molar-refractivity contribution in [2.45, 2.75) is 6.92 Å². The van der Waals surface area contributed by atoms with Gasteiger partial charge >= 0.3 is 0 Å². The van der Waals surface area contributed by atoms with Crippen LogP contribution >= 0.6 is 11.6 Å². The van der Waals surface area contributed by atoms with Gasteiger partial charge in [-0.3, -0.25) is 0 Å². The summed E-state index contributed by atoms with van der Waals surface area (Å²) in [5, 5.41) is 1.93. The first-order valence-electron chi connectivity index (χ1n) is 6.64. The standard InChI is InChI=1S/C15H18ClN3/c1-11-9-15(19-7-5-18(2)6-8-19)17-14-10-12(16)3-4-13(11)14/h3-4,9-10H,5-8H2,1-2H3. The number of aromatic nitrogens is 1. The molecule has 0 N–H and O–H groups in total. The van der Waals surface area contributed by atoms with Gasteiger partial charge in [0.15, 0.2) is 0 Å². The van der Waals surface area contributed by atoms with Crippen LogP contribution in [0.5, 0.6) is 0 Å². The third kappa shape index (κ3) is 2.53. The Balaban J connectivity index is 2.00. The Kier molecular flexibility index (Phi) is 3.33. The smallest absolute Gasteiger partial charge is 0.129 e. The Morgan fingerprint density at radius 1 is 1.11 bits per heavy atom. The summed E-state index contributed by atoms with van der Waals surface area (Å²) in [5.74, 6) is 1.07. The third-order valence-electron chi connectivity index (χ3n) is 3.79. The van der Waals surface area contributed by atoms with Crippen LogP contribution in [0.4, 0.5) is 5.82 Å². The fourth-order valence-electron chi connectivity index (χ4n) is 2.56. The van der Waals surface area contributed by atoms with Gasteiger partial charge in [0.25, 0.3) is 0 Å². The van der Waals surface area contributed by atoms with Crippen molar-refractivity contribution < 1.29 is 0 Å². The molecule has 0 bridgehead atoms. The fraction of sp³-hybridized carbons (Fsp3) is 0.400. The molecule has 2 aromatic rings. The zero-order chi connectivity index (χ0) is 13.4. The Hall–Kier alpha value is -1.32. The molecule has 0 spiro atoms. The van der Waals surface area contributed by atoms with Crippen molar-refractivity contribution in [1.82, 2.24) is 9.88 Å². The van der Waals surface area contributed by atoms with Gasteiger partial charge in [-0.25, -0.2) is 4.98 Å². The van der Waals surface area contributed by atoms with Crippen molar-refractivity contribution >= 4 is 28.3 Å². The molecule has 0 aliphatic carbocycles. The van der Waals surface area contributed by atoms with E-state index in [0.29, 0.717) is 0 Å². The third-order valence-corrected chi connectivity index (χ3v) is 4.03. The van der Waals surface area contributed by atoms with Crippen LogP contribution in [0.2, 0.25) is 5.02 Å². The summed E-state index contributed by atoms with van der Waals surface area (Å²) in [7, 11) is 2.16. The lowest BCUT2D eigenvalue weighted by Crippen LogP contribution is -2.44. The maximum absolute atomic E-state index is 6.07. The van der Waals surface area contributed by atoms with E-state index < -0.39 is 0 Å². The normalized spacial score (nSPS) is 17.1. The topological polar surface area (TPSA) is 19.4 Å². The van der Waals surface area contributed by atoms with Crippen LogP contribution in [0.1, 0.15) is 5.56 Å². The summed E-state index contributed by atoms with van der Waals surface area (Å²) in [6.45, 7) is 6.39. The molecule has 0 saturated carbocycles. The molecule has 1 fully saturated rings. The number of rotatable bonds is 1. The Labute approximate surface area is 118 Å². The molecule has 3 nitrogen and oxygen atoms in total. The second kappa shape index (κ2) is 4.99. The van der Waals surface area contributed by atoms with Gasteiger partial charge in [0.2, 0.25) is 0 Å². The number of halogens is 1. The van der Waals surface area contributed by atoms with Crippen molar-refractivity contribution in [3.8, 4) is 0 Å². The molecule has 100 valence electrons. The van der Waals surface area contributed by atoms with Crippen LogP contribution in [0, 0.1) is 6.92 Å². The largest absolute Gasteiger partial charge is 0.354 e. The number of piperazine rings is 1. The highest BCUT2D eigenvalue weighted by Crippen LogP contribution is 2.25. The maximum atomic E-state index is 6.07. The predicted octanol–water partition coefficient (Wildman–Crippen LogP) is 2.95. The summed E-state index contributed by atoms with van der Waals surface area (Å²) in [6, 6.07) is 8.10. The molecule has 1 aliphatic heterocycles. The van der Waals surface area contributed by atoms with Crippen LogP contribution in [0.25, 0.3) is 10.9 Å². The van der Waals surface area contributed by atoms with Gasteiger partial charge < -0.3 is 9.80 Å². The van der Waals surface area contributed by atoms with Gasteiger partial charge in [0.1, 0.15) is 5.82 Å². The van der Waals surface area contributed by atoms with E-state index in [1.807, 2.05) is 18.2 Å². The van der Waals surface area contributed by atoms with Gasteiger partial charge in [0.05, 0.1) is 5.52 Å². The Morgan fingerprint density at radius 2 is 1.84 bits per heavy atom. The van der Waals surface area contributed by atoms with Crippen LogP contribution in [0.3, 0.4) is 0 Å². The summed E-state index contributed by atoms with van der Waals surface area (Å²) in [6.07, 6.45) is 0. The fourth-order valence-corrected chi connectivity index (χ4v) is 2.72. The Bertz CT molecular complexity index is 604. The zero-order valence-corrected chi connectivity index (χ0v) is 12.1. The second-order valence-electron chi connectivity index (χ2n) is 5.25. The number of likely N-dealkylation sites (N-methyl/N-ethyl adjacent to an activating group) is 1. The van der Waals surface area contributed by atoms with E-state index in [9.17, 15) is 0 Å². The second-order valence-corrected chi connectivity index (χ2v) is 5.69. The predicted molar refractivity (Wildman–Crippen MR) is 81.2 cm³/mol. The van der Waals surface area contributed by atoms with Gasteiger partial charge in [-0.05, 0) is 37.7 Å². The minimum atomic E-state index is 0.745. The zero-order valence-electron chi connectivity index (χ0n) is 11.4. The molecule has 0 atom stereocenters. The maximum Gasteiger partial charge on any atom is 0.129 e. The molecule has 0 unspecified atom stereocenters. The summed E-state index contributed by atoms with van der Waals surface area (Å²) in [5.41, 5.74) is 2.25. The van der Waals surface area contributed by atoms with E-state index in [1.54, 1.807) is 0 Å². The van der Waals surface area contributed by atoms with Gasteiger partial charge in [-0.1, -0.05) is 17.7 Å². The first-order chi connectivity index (χ1) is 9.13. The Morgan fingerprint density at radius 3 is 2.58 bits per heavy atom. The number of fused-ring (bicyclic) bond motifs is 1. The van der Waals surface area contributed by atoms with E-state index in [0.717, 1.165) is 42.5 Å². The monoisotopic (exact) mass is 275 g/mol. The molecular weight excluding hydrogens is 258 g/mol. The van der Waals surface area contributed by atoms with Crippen molar-refractivity contribution in [3.05, 3.63) is 34.9 Å². The van der Waals surface area contributed by atoms with Crippen LogP contribution < -0.4 is 4.90 Å². The minimum absolute atomic E-state index is 0.745. The van der Waals surface area contributed by atoms with E-state index >= 15 is 0 Å². The first-order valence-corrected chi connectivity index (χ1v) is 7.02. The summed E-state index contributed by atoms with van der Waals surface area (Å²) < 4.78 is 0. The highest BCUT2D eigenvalue weighted by Gasteiger charge is 2.16. The molecule has 3 rings (SSSR count). The molecular formula is C15H18ClN3. The number of pyridine rings is 1. The molecule has 1 aromatic heterocycles. The SMILES string of the molecule is Cc1cc(N2CCN(C)CC2)nc2cc(Cl)ccc12. The van der Waals surface area contributed by atoms with E-state index in [4.69, 9.17) is 16.6 Å². The molecule has 4 heteroatoms. The van der Waals surface area contributed by atoms with Crippen molar-refractivity contribution in [3.63, 3.8) is 0 Å². The van der Waals surface area contributed by atoms with Gasteiger partial charge in [-0.2, -0.15) is 0 Å². The molecule has 1 saturated heterocycles. The van der Waals surface area contributed by atoms with E-state index in [-0.39, 0.29) is 0 Å². The molecule has 1 aromatic carbocycles. The highest BCUT2D eigenvalue weighted by molar-refractivity contribution is 6.31. The quantitative estimate of drug-likeness (QED) is 0.798. The average molecular weight is 276 g/mol. The minimum Gasteiger partial charge on any atom is -0.354 e. The van der Waals surface area contributed by atoms with Crippen molar-refractivity contribution in [2.24, 2.45) is 0 Å². The molecule has 0 radical (unpaired) electrons. The van der Waals surface area contributed by atoms with Crippen molar-refractivity contribution in [2.75, 3.05) is 38.1 Å². The molecule has 1 aliphatic rings. The molecule has 0 amide bonds. The number of hydrogen-bond acceptors (Lipinski definition) is 3. The van der Waals surface area contributed by atoms with Crippen LogP contribution in [0.15, 0.2) is 24.3 Å².